The molecule has 1 saturated carbocycles. The molecule has 0 atom stereocenters. The molecule has 3 aromatic rings. The largest absolute Gasteiger partial charge is 0.423 e. The monoisotopic (exact) mass is 654 g/mol. The van der Waals surface area contributed by atoms with Crippen molar-refractivity contribution in [1.29, 1.82) is 0 Å². The third kappa shape index (κ3) is 9.37. The third-order valence-corrected chi connectivity index (χ3v) is 7.63. The maximum Gasteiger partial charge on any atom is 0.423 e. The number of urea groups is 1. The quantitative estimate of drug-likeness (QED) is 0.153. The van der Waals surface area contributed by atoms with Crippen LogP contribution >= 0.6 is 0 Å². The van der Waals surface area contributed by atoms with Crippen LogP contribution in [0.1, 0.15) is 43.2 Å². The molecular weight excluding hydrogens is 622 g/mol. The summed E-state index contributed by atoms with van der Waals surface area (Å²) in [5, 5.41) is 16.3. The van der Waals surface area contributed by atoms with Crippen LogP contribution in [0.3, 0.4) is 0 Å². The molecule has 1 aromatic heterocycles. The van der Waals surface area contributed by atoms with Gasteiger partial charge < -0.3 is 25.4 Å². The van der Waals surface area contributed by atoms with Crippen molar-refractivity contribution in [3.8, 4) is 0 Å². The average Bonchev–Trinajstić information content (AvgIpc) is 3.01. The molecule has 0 radical (unpaired) electrons. The molecule has 1 aliphatic carbocycles. The number of nitro groups is 1. The van der Waals surface area contributed by atoms with E-state index in [1.165, 1.54) is 24.3 Å². The van der Waals surface area contributed by atoms with E-state index in [2.05, 4.69) is 15.6 Å². The van der Waals surface area contributed by atoms with Gasteiger partial charge in [0, 0.05) is 67.6 Å². The standard InChI is InChI=1S/C17H17F3N4O2.C13H15F3N2O2/c18-17(19,20)12-1-3-13(4-2-12)22-16(26)24-9-7-23(8-10-24)14-5-6-21-15(25)11-14;14-13(15,16)11-8-10(6-7-12(11)18(19)20)17-9-4-2-1-3-5-9/h1-6,11H,7-10H2,(H,21,25)(H,22,26);6-9,17H,1-5H2. The minimum Gasteiger partial charge on any atom is -0.382 e. The number of H-pyrrole nitrogens is 1. The molecule has 0 unspecified atom stereocenters. The van der Waals surface area contributed by atoms with Crippen molar-refractivity contribution in [3.05, 3.63) is 92.4 Å². The zero-order valence-corrected chi connectivity index (χ0v) is 24.5. The lowest BCUT2D eigenvalue weighted by atomic mass is 9.95. The number of halogens is 6. The zero-order chi connectivity index (χ0) is 33.5. The number of benzene rings is 2. The lowest BCUT2D eigenvalue weighted by Gasteiger charge is -2.35. The number of nitro benzene ring substituents is 1. The van der Waals surface area contributed by atoms with Crippen LogP contribution < -0.4 is 21.1 Å². The molecule has 16 heteroatoms. The molecule has 2 aromatic carbocycles. The fourth-order valence-corrected chi connectivity index (χ4v) is 5.24. The second-order valence-corrected chi connectivity index (χ2v) is 10.9. The molecule has 248 valence electrons. The van der Waals surface area contributed by atoms with E-state index in [1.54, 1.807) is 17.2 Å². The Hall–Kier alpha value is -4.76. The van der Waals surface area contributed by atoms with Crippen molar-refractivity contribution in [3.63, 3.8) is 0 Å². The number of aromatic nitrogens is 1. The van der Waals surface area contributed by atoms with Crippen molar-refractivity contribution in [2.75, 3.05) is 41.7 Å². The van der Waals surface area contributed by atoms with E-state index in [0.29, 0.717) is 31.9 Å². The van der Waals surface area contributed by atoms with Gasteiger partial charge >= 0.3 is 18.4 Å². The fourth-order valence-electron chi connectivity index (χ4n) is 5.24. The number of anilines is 3. The molecule has 2 aliphatic rings. The first-order valence-corrected chi connectivity index (χ1v) is 14.5. The van der Waals surface area contributed by atoms with E-state index in [1.807, 2.05) is 4.90 Å². The van der Waals surface area contributed by atoms with Crippen molar-refractivity contribution >= 4 is 28.8 Å². The van der Waals surface area contributed by atoms with Gasteiger partial charge in [0.05, 0.1) is 10.5 Å². The van der Waals surface area contributed by atoms with Crippen LogP contribution in [0.4, 0.5) is 53.9 Å². The van der Waals surface area contributed by atoms with E-state index in [4.69, 9.17) is 0 Å². The van der Waals surface area contributed by atoms with Crippen molar-refractivity contribution < 1.29 is 36.1 Å². The third-order valence-electron chi connectivity index (χ3n) is 7.63. The Morgan fingerprint density at radius 3 is 2.04 bits per heavy atom. The second kappa shape index (κ2) is 14.6. The number of alkyl halides is 6. The SMILES string of the molecule is O=C(Nc1ccc(C(F)(F)F)cc1)N1CCN(c2cc[nH]c(=O)c2)CC1.O=[N+]([O-])c1ccc(NC2CCCCC2)cc1C(F)(F)F. The van der Waals surface area contributed by atoms with Crippen LogP contribution in [-0.4, -0.2) is 53.1 Å². The Kier molecular flexibility index (Phi) is 10.8. The Morgan fingerprint density at radius 2 is 1.48 bits per heavy atom. The summed E-state index contributed by atoms with van der Waals surface area (Å²) in [4.78, 5) is 39.4. The van der Waals surface area contributed by atoms with Gasteiger partial charge in [0.25, 0.3) is 5.69 Å². The summed E-state index contributed by atoms with van der Waals surface area (Å²) < 4.78 is 76.2. The predicted octanol–water partition coefficient (Wildman–Crippen LogP) is 7.11. The highest BCUT2D eigenvalue weighted by atomic mass is 19.4. The van der Waals surface area contributed by atoms with Crippen molar-refractivity contribution in [2.45, 2.75) is 50.5 Å². The molecule has 5 rings (SSSR count). The van der Waals surface area contributed by atoms with Gasteiger partial charge in [0.1, 0.15) is 5.56 Å². The van der Waals surface area contributed by atoms with Crippen molar-refractivity contribution in [2.24, 2.45) is 0 Å². The van der Waals surface area contributed by atoms with Gasteiger partial charge in [-0.2, -0.15) is 26.3 Å². The summed E-state index contributed by atoms with van der Waals surface area (Å²) in [7, 11) is 0. The molecule has 10 nitrogen and oxygen atoms in total. The first kappa shape index (κ1) is 34.1. The molecule has 0 bridgehead atoms. The summed E-state index contributed by atoms with van der Waals surface area (Å²) in [6.07, 6.45) is -2.48. The Labute approximate surface area is 259 Å². The normalized spacial score (nSPS) is 15.9. The number of aromatic amines is 1. The molecule has 46 heavy (non-hydrogen) atoms. The Morgan fingerprint density at radius 1 is 0.848 bits per heavy atom. The highest BCUT2D eigenvalue weighted by Gasteiger charge is 2.38. The van der Waals surface area contributed by atoms with Gasteiger partial charge in [-0.3, -0.25) is 14.9 Å². The molecule has 1 saturated heterocycles. The number of hydrogen-bond donors (Lipinski definition) is 3. The first-order valence-electron chi connectivity index (χ1n) is 14.5. The van der Waals surface area contributed by atoms with Gasteiger partial charge in [-0.25, -0.2) is 4.79 Å². The van der Waals surface area contributed by atoms with E-state index < -0.39 is 34.1 Å². The lowest BCUT2D eigenvalue weighted by molar-refractivity contribution is -0.388. The van der Waals surface area contributed by atoms with Gasteiger partial charge in [-0.15, -0.1) is 0 Å². The summed E-state index contributed by atoms with van der Waals surface area (Å²) >= 11 is 0. The molecule has 2 amide bonds. The molecule has 2 heterocycles. The number of carbonyl (C=O) groups excluding carboxylic acids is 1. The van der Waals surface area contributed by atoms with Gasteiger partial charge in [0.15, 0.2) is 0 Å². The summed E-state index contributed by atoms with van der Waals surface area (Å²) in [5.74, 6) is 0. The topological polar surface area (TPSA) is 124 Å². The highest BCUT2D eigenvalue weighted by molar-refractivity contribution is 5.89. The van der Waals surface area contributed by atoms with Crippen LogP contribution in [0.2, 0.25) is 0 Å². The number of nitrogens with one attached hydrogen (secondary N) is 3. The zero-order valence-electron chi connectivity index (χ0n) is 24.5. The number of pyridine rings is 1. The predicted molar refractivity (Wildman–Crippen MR) is 160 cm³/mol. The maximum absolute atomic E-state index is 12.8. The second-order valence-electron chi connectivity index (χ2n) is 10.9. The van der Waals surface area contributed by atoms with Crippen LogP contribution in [0.5, 0.6) is 0 Å². The number of hydrogen-bond acceptors (Lipinski definition) is 6. The number of amides is 2. The molecule has 2 fully saturated rings. The van der Waals surface area contributed by atoms with Crippen LogP contribution in [0.25, 0.3) is 0 Å². The van der Waals surface area contributed by atoms with E-state index in [-0.39, 0.29) is 23.3 Å². The van der Waals surface area contributed by atoms with E-state index >= 15 is 0 Å². The van der Waals surface area contributed by atoms with E-state index in [9.17, 15) is 46.0 Å². The average molecular weight is 655 g/mol. The van der Waals surface area contributed by atoms with Gasteiger partial charge in [-0.05, 0) is 55.3 Å². The minimum atomic E-state index is -4.73. The molecule has 1 aliphatic heterocycles. The Balaban J connectivity index is 0.000000216. The summed E-state index contributed by atoms with van der Waals surface area (Å²) in [6.45, 7) is 2.01. The number of rotatable bonds is 5. The molecule has 0 spiro atoms. The van der Waals surface area contributed by atoms with Gasteiger partial charge in [-0.1, -0.05) is 19.3 Å². The molecule has 3 N–H and O–H groups in total. The van der Waals surface area contributed by atoms with Crippen LogP contribution in [-0.2, 0) is 12.4 Å². The minimum absolute atomic E-state index is 0.145. The lowest BCUT2D eigenvalue weighted by Crippen LogP contribution is -2.50. The number of piperazine rings is 1. The first-order chi connectivity index (χ1) is 21.7. The number of nitrogens with zero attached hydrogens (tertiary/aromatic N) is 3. The smallest absolute Gasteiger partial charge is 0.382 e. The summed E-state index contributed by atoms with van der Waals surface area (Å²) in [6, 6.07) is 10.5. The summed E-state index contributed by atoms with van der Waals surface area (Å²) in [5.41, 5.74) is -1.69. The van der Waals surface area contributed by atoms with Crippen molar-refractivity contribution in [1.82, 2.24) is 9.88 Å². The number of carbonyl (C=O) groups is 1. The van der Waals surface area contributed by atoms with Crippen LogP contribution in [0, 0.1) is 10.1 Å². The highest BCUT2D eigenvalue weighted by Crippen LogP contribution is 2.38. The Bertz CT molecular complexity index is 1550. The van der Waals surface area contributed by atoms with Gasteiger partial charge in [0.2, 0.25) is 5.56 Å². The van der Waals surface area contributed by atoms with E-state index in [0.717, 1.165) is 62.1 Å². The van der Waals surface area contributed by atoms with Crippen LogP contribution in [0.15, 0.2) is 65.6 Å². The fraction of sp³-hybridized carbons (Fsp3) is 0.400. The molecular formula is C30H32F6N6O4. The maximum atomic E-state index is 12.8.